The minimum Gasteiger partial charge on any atom is -0.358 e. The zero-order valence-electron chi connectivity index (χ0n) is 14.5. The molecule has 0 atom stereocenters. The average molecular weight is 378 g/mol. The number of rotatable bonds is 5. The lowest BCUT2D eigenvalue weighted by Gasteiger charge is -2.34. The highest BCUT2D eigenvalue weighted by Crippen LogP contribution is 2.14. The van der Waals surface area contributed by atoms with Gasteiger partial charge in [-0.15, -0.1) is 0 Å². The molecule has 0 N–H and O–H groups in total. The number of carbonyl (C=O) groups is 1. The number of carbonyl (C=O) groups excluding carboxylic acids is 1. The molecular weight excluding hydrogens is 358 g/mol. The molecule has 8 nitrogen and oxygen atoms in total. The highest BCUT2D eigenvalue weighted by Gasteiger charge is 2.24. The quantitative estimate of drug-likeness (QED) is 0.588. The largest absolute Gasteiger partial charge is 0.390 e. The molecule has 0 saturated carbocycles. The second-order valence-corrected chi connectivity index (χ2v) is 6.78. The minimum absolute atomic E-state index is 0.0247. The van der Waals surface area contributed by atoms with Gasteiger partial charge in [0, 0.05) is 37.7 Å². The van der Waals surface area contributed by atoms with Crippen molar-refractivity contribution in [1.82, 2.24) is 19.6 Å². The summed E-state index contributed by atoms with van der Waals surface area (Å²) in [5.74, 6) is -0.305. The number of nitrogens with zero attached hydrogens (tertiary/aromatic N) is 5. The van der Waals surface area contributed by atoms with Crippen molar-refractivity contribution in [2.24, 2.45) is 0 Å². The van der Waals surface area contributed by atoms with Crippen LogP contribution in [0.4, 0.5) is 5.82 Å². The van der Waals surface area contributed by atoms with E-state index in [0.29, 0.717) is 18.8 Å². The molecular formula is C17H20ClN5O3. The smallest absolute Gasteiger partial charge is 0.358 e. The molecule has 3 rings (SSSR count). The van der Waals surface area contributed by atoms with E-state index >= 15 is 0 Å². The van der Waals surface area contributed by atoms with Crippen LogP contribution in [0.2, 0.25) is 5.02 Å². The maximum absolute atomic E-state index is 12.5. The highest BCUT2D eigenvalue weighted by atomic mass is 35.5. The third-order valence-electron chi connectivity index (χ3n) is 4.48. The molecule has 1 amide bonds. The number of benzene rings is 1. The number of hydrogen-bond donors (Lipinski definition) is 0. The van der Waals surface area contributed by atoms with Gasteiger partial charge in [-0.3, -0.25) is 9.69 Å². The Hall–Kier alpha value is -2.45. The number of piperazine rings is 1. The predicted molar refractivity (Wildman–Crippen MR) is 96.9 cm³/mol. The Balaban J connectivity index is 1.52. The summed E-state index contributed by atoms with van der Waals surface area (Å²) >= 11 is 5.90. The van der Waals surface area contributed by atoms with Crippen LogP contribution in [0.1, 0.15) is 11.3 Å². The second-order valence-electron chi connectivity index (χ2n) is 6.34. The number of halogens is 1. The van der Waals surface area contributed by atoms with Gasteiger partial charge < -0.3 is 15.0 Å². The van der Waals surface area contributed by atoms with Crippen LogP contribution in [0.3, 0.4) is 0 Å². The van der Waals surface area contributed by atoms with Crippen molar-refractivity contribution in [2.45, 2.75) is 20.0 Å². The zero-order valence-corrected chi connectivity index (χ0v) is 15.2. The van der Waals surface area contributed by atoms with Crippen LogP contribution in [0.15, 0.2) is 30.3 Å². The van der Waals surface area contributed by atoms with Gasteiger partial charge >= 0.3 is 5.82 Å². The van der Waals surface area contributed by atoms with Crippen molar-refractivity contribution in [1.29, 1.82) is 0 Å². The number of hydrogen-bond acceptors (Lipinski definition) is 5. The maximum atomic E-state index is 12.5. The van der Waals surface area contributed by atoms with E-state index in [1.165, 1.54) is 16.3 Å². The van der Waals surface area contributed by atoms with Crippen molar-refractivity contribution in [3.05, 3.63) is 56.7 Å². The Morgan fingerprint density at radius 1 is 1.23 bits per heavy atom. The topological polar surface area (TPSA) is 84.5 Å². The van der Waals surface area contributed by atoms with Crippen LogP contribution >= 0.6 is 11.6 Å². The van der Waals surface area contributed by atoms with Crippen LogP contribution in [0.5, 0.6) is 0 Å². The number of nitro groups is 1. The normalized spacial score (nSPS) is 15.2. The molecule has 2 heterocycles. The van der Waals surface area contributed by atoms with Crippen LogP contribution in [-0.2, 0) is 17.9 Å². The van der Waals surface area contributed by atoms with Crippen molar-refractivity contribution < 1.29 is 9.72 Å². The van der Waals surface area contributed by atoms with E-state index in [9.17, 15) is 14.9 Å². The van der Waals surface area contributed by atoms with E-state index in [0.717, 1.165) is 24.7 Å². The molecule has 0 aliphatic carbocycles. The first-order valence-electron chi connectivity index (χ1n) is 8.36. The Morgan fingerprint density at radius 2 is 1.88 bits per heavy atom. The summed E-state index contributed by atoms with van der Waals surface area (Å²) in [6.07, 6.45) is 0. The zero-order chi connectivity index (χ0) is 18.7. The van der Waals surface area contributed by atoms with E-state index in [1.807, 2.05) is 24.3 Å². The highest BCUT2D eigenvalue weighted by molar-refractivity contribution is 6.30. The Labute approximate surface area is 156 Å². The van der Waals surface area contributed by atoms with Crippen LogP contribution < -0.4 is 0 Å². The summed E-state index contributed by atoms with van der Waals surface area (Å²) in [4.78, 5) is 26.8. The van der Waals surface area contributed by atoms with E-state index in [4.69, 9.17) is 11.6 Å². The molecule has 1 aromatic heterocycles. The van der Waals surface area contributed by atoms with Gasteiger partial charge in [-0.1, -0.05) is 23.7 Å². The van der Waals surface area contributed by atoms with Crippen molar-refractivity contribution in [3.63, 3.8) is 0 Å². The molecule has 1 saturated heterocycles. The van der Waals surface area contributed by atoms with Gasteiger partial charge in [0.15, 0.2) is 0 Å². The monoisotopic (exact) mass is 377 g/mol. The SMILES string of the molecule is Cc1cc([N+](=O)[O-])nn1CC(=O)N1CCN(Cc2ccc(Cl)cc2)CC1. The van der Waals surface area contributed by atoms with Crippen molar-refractivity contribution >= 4 is 23.3 Å². The Bertz CT molecular complexity index is 797. The molecule has 1 aliphatic heterocycles. The van der Waals surface area contributed by atoms with E-state index in [1.54, 1.807) is 11.8 Å². The fraction of sp³-hybridized carbons (Fsp3) is 0.412. The van der Waals surface area contributed by atoms with Gasteiger partial charge in [0.25, 0.3) is 0 Å². The van der Waals surface area contributed by atoms with Crippen LogP contribution in [0, 0.1) is 17.0 Å². The Kier molecular flexibility index (Phi) is 5.53. The molecule has 1 aliphatic rings. The molecule has 26 heavy (non-hydrogen) atoms. The summed E-state index contributed by atoms with van der Waals surface area (Å²) in [5, 5.41) is 15.4. The van der Waals surface area contributed by atoms with Crippen LogP contribution in [-0.4, -0.2) is 56.6 Å². The Morgan fingerprint density at radius 3 is 2.46 bits per heavy atom. The lowest BCUT2D eigenvalue weighted by Crippen LogP contribution is -2.49. The van der Waals surface area contributed by atoms with Gasteiger partial charge in [-0.25, -0.2) is 0 Å². The van der Waals surface area contributed by atoms with Gasteiger partial charge in [-0.05, 0) is 29.5 Å². The fourth-order valence-corrected chi connectivity index (χ4v) is 3.10. The molecule has 0 bridgehead atoms. The van der Waals surface area contributed by atoms with Gasteiger partial charge in [0.2, 0.25) is 5.91 Å². The first kappa shape index (κ1) is 18.3. The summed E-state index contributed by atoms with van der Waals surface area (Å²) in [6, 6.07) is 9.14. The van der Waals surface area contributed by atoms with Crippen LogP contribution in [0.25, 0.3) is 0 Å². The minimum atomic E-state index is -0.552. The molecule has 0 spiro atoms. The molecule has 0 radical (unpaired) electrons. The number of aryl methyl sites for hydroxylation is 1. The summed E-state index contributed by atoms with van der Waals surface area (Å²) < 4.78 is 1.39. The predicted octanol–water partition coefficient (Wildman–Crippen LogP) is 2.10. The third kappa shape index (κ3) is 4.39. The van der Waals surface area contributed by atoms with Crippen molar-refractivity contribution in [2.75, 3.05) is 26.2 Å². The summed E-state index contributed by atoms with van der Waals surface area (Å²) in [5.41, 5.74) is 1.79. The van der Waals surface area contributed by atoms with Crippen molar-refractivity contribution in [3.8, 4) is 0 Å². The van der Waals surface area contributed by atoms with Gasteiger partial charge in [-0.2, -0.15) is 4.68 Å². The lowest BCUT2D eigenvalue weighted by molar-refractivity contribution is -0.389. The number of amides is 1. The molecule has 0 unspecified atom stereocenters. The van der Waals surface area contributed by atoms with Gasteiger partial charge in [0.1, 0.15) is 6.54 Å². The average Bonchev–Trinajstić information content (AvgIpc) is 2.98. The summed E-state index contributed by atoms with van der Waals surface area (Å²) in [6.45, 7) is 5.39. The van der Waals surface area contributed by atoms with Gasteiger partial charge in [0.05, 0.1) is 16.9 Å². The van der Waals surface area contributed by atoms with E-state index in [2.05, 4.69) is 10.00 Å². The molecule has 9 heteroatoms. The third-order valence-corrected chi connectivity index (χ3v) is 4.74. The molecule has 138 valence electrons. The number of aromatic nitrogens is 2. The molecule has 1 aromatic carbocycles. The standard InChI is InChI=1S/C17H20ClN5O3/c1-13-10-16(23(25)26)19-22(13)12-17(24)21-8-6-20(7-9-21)11-14-2-4-15(18)5-3-14/h2-5,10H,6-9,11-12H2,1H3. The first-order valence-corrected chi connectivity index (χ1v) is 8.73. The molecule has 2 aromatic rings. The molecule has 1 fully saturated rings. The second kappa shape index (κ2) is 7.84. The maximum Gasteiger partial charge on any atom is 0.390 e. The first-order chi connectivity index (χ1) is 12.4. The van der Waals surface area contributed by atoms with E-state index in [-0.39, 0.29) is 18.3 Å². The lowest BCUT2D eigenvalue weighted by atomic mass is 10.2. The fourth-order valence-electron chi connectivity index (χ4n) is 2.97. The van der Waals surface area contributed by atoms with E-state index < -0.39 is 4.92 Å². The summed E-state index contributed by atoms with van der Waals surface area (Å²) in [7, 11) is 0.